The van der Waals surface area contributed by atoms with Gasteiger partial charge in [0.25, 0.3) is 0 Å². The standard InChI is InChI=1S/C17H19NO3/c1-18(2)17(21)11-16(12-6-8-14(19)9-7-12)13-4-3-5-15(20)10-13/h3-10,16,19-20H,11H2,1-2H3. The molecule has 110 valence electrons. The van der Waals surface area contributed by atoms with Crippen LogP contribution in [0.3, 0.4) is 0 Å². The SMILES string of the molecule is CN(C)C(=O)CC(c1ccc(O)cc1)c1cccc(O)c1. The van der Waals surface area contributed by atoms with Crippen molar-refractivity contribution in [3.05, 3.63) is 59.7 Å². The summed E-state index contributed by atoms with van der Waals surface area (Å²) in [7, 11) is 3.44. The van der Waals surface area contributed by atoms with Crippen LogP contribution in [0, 0.1) is 0 Å². The van der Waals surface area contributed by atoms with E-state index < -0.39 is 0 Å². The zero-order chi connectivity index (χ0) is 15.4. The van der Waals surface area contributed by atoms with Crippen molar-refractivity contribution in [2.75, 3.05) is 14.1 Å². The Morgan fingerprint density at radius 1 is 1.00 bits per heavy atom. The fourth-order valence-corrected chi connectivity index (χ4v) is 2.23. The van der Waals surface area contributed by atoms with E-state index in [1.807, 2.05) is 6.07 Å². The van der Waals surface area contributed by atoms with Crippen molar-refractivity contribution >= 4 is 5.91 Å². The number of aromatic hydroxyl groups is 2. The van der Waals surface area contributed by atoms with Crippen LogP contribution in [-0.4, -0.2) is 35.1 Å². The van der Waals surface area contributed by atoms with Gasteiger partial charge in [0.1, 0.15) is 11.5 Å². The predicted molar refractivity (Wildman–Crippen MR) is 81.4 cm³/mol. The van der Waals surface area contributed by atoms with Gasteiger partial charge in [0.2, 0.25) is 5.91 Å². The van der Waals surface area contributed by atoms with E-state index in [1.165, 1.54) is 0 Å². The van der Waals surface area contributed by atoms with Crippen molar-refractivity contribution < 1.29 is 15.0 Å². The fraction of sp³-hybridized carbons (Fsp3) is 0.235. The van der Waals surface area contributed by atoms with Crippen molar-refractivity contribution in [1.29, 1.82) is 0 Å². The molecule has 0 heterocycles. The summed E-state index contributed by atoms with van der Waals surface area (Å²) in [5, 5.41) is 19.1. The van der Waals surface area contributed by atoms with E-state index in [0.717, 1.165) is 11.1 Å². The summed E-state index contributed by atoms with van der Waals surface area (Å²) in [4.78, 5) is 13.6. The lowest BCUT2D eigenvalue weighted by molar-refractivity contribution is -0.128. The van der Waals surface area contributed by atoms with Crippen LogP contribution in [0.1, 0.15) is 23.5 Å². The maximum atomic E-state index is 12.1. The maximum Gasteiger partial charge on any atom is 0.223 e. The molecule has 0 aromatic heterocycles. The largest absolute Gasteiger partial charge is 0.508 e. The molecule has 0 bridgehead atoms. The van der Waals surface area contributed by atoms with Crippen LogP contribution in [0.4, 0.5) is 0 Å². The quantitative estimate of drug-likeness (QED) is 0.908. The molecule has 21 heavy (non-hydrogen) atoms. The zero-order valence-corrected chi connectivity index (χ0v) is 12.2. The molecule has 0 aliphatic rings. The lowest BCUT2D eigenvalue weighted by Crippen LogP contribution is -2.24. The number of rotatable bonds is 4. The van der Waals surface area contributed by atoms with Crippen LogP contribution in [0.5, 0.6) is 11.5 Å². The molecule has 2 N–H and O–H groups in total. The summed E-state index contributed by atoms with van der Waals surface area (Å²) in [5.74, 6) is 0.213. The number of carbonyl (C=O) groups is 1. The minimum absolute atomic E-state index is 0.0106. The Morgan fingerprint density at radius 2 is 1.67 bits per heavy atom. The van der Waals surface area contributed by atoms with E-state index in [2.05, 4.69) is 0 Å². The second kappa shape index (κ2) is 6.31. The third-order valence-corrected chi connectivity index (χ3v) is 3.45. The highest BCUT2D eigenvalue weighted by atomic mass is 16.3. The topological polar surface area (TPSA) is 60.8 Å². The minimum Gasteiger partial charge on any atom is -0.508 e. The molecule has 0 aliphatic carbocycles. The van der Waals surface area contributed by atoms with E-state index in [4.69, 9.17) is 0 Å². The molecule has 0 saturated heterocycles. The molecule has 2 aromatic carbocycles. The summed E-state index contributed by atoms with van der Waals surface area (Å²) < 4.78 is 0. The average Bonchev–Trinajstić information content (AvgIpc) is 2.45. The Kier molecular flexibility index (Phi) is 4.48. The molecule has 4 nitrogen and oxygen atoms in total. The summed E-state index contributed by atoms with van der Waals surface area (Å²) in [6.07, 6.45) is 0.307. The van der Waals surface area contributed by atoms with Gasteiger partial charge >= 0.3 is 0 Å². The second-order valence-corrected chi connectivity index (χ2v) is 5.23. The van der Waals surface area contributed by atoms with Crippen LogP contribution in [0.2, 0.25) is 0 Å². The van der Waals surface area contributed by atoms with Gasteiger partial charge in [-0.25, -0.2) is 0 Å². The molecule has 0 aliphatic heterocycles. The molecule has 2 aromatic rings. The van der Waals surface area contributed by atoms with Crippen LogP contribution >= 0.6 is 0 Å². The van der Waals surface area contributed by atoms with E-state index in [0.29, 0.717) is 6.42 Å². The van der Waals surface area contributed by atoms with E-state index in [-0.39, 0.29) is 23.3 Å². The second-order valence-electron chi connectivity index (χ2n) is 5.23. The maximum absolute atomic E-state index is 12.1. The number of benzene rings is 2. The number of nitrogens with zero attached hydrogens (tertiary/aromatic N) is 1. The van der Waals surface area contributed by atoms with Gasteiger partial charge in [0.15, 0.2) is 0 Å². The molecular weight excluding hydrogens is 266 g/mol. The number of amides is 1. The van der Waals surface area contributed by atoms with E-state index in [1.54, 1.807) is 61.5 Å². The minimum atomic E-state index is -0.160. The lowest BCUT2D eigenvalue weighted by Gasteiger charge is -2.20. The summed E-state index contributed by atoms with van der Waals surface area (Å²) in [6, 6.07) is 13.7. The van der Waals surface area contributed by atoms with Gasteiger partial charge in [-0.3, -0.25) is 4.79 Å². The van der Waals surface area contributed by atoms with Crippen LogP contribution in [0.15, 0.2) is 48.5 Å². The van der Waals surface area contributed by atoms with Crippen molar-refractivity contribution in [2.24, 2.45) is 0 Å². The van der Waals surface area contributed by atoms with Crippen molar-refractivity contribution in [3.63, 3.8) is 0 Å². The molecule has 1 atom stereocenters. The Morgan fingerprint density at radius 3 is 2.24 bits per heavy atom. The average molecular weight is 285 g/mol. The molecule has 1 amide bonds. The number of hydrogen-bond acceptors (Lipinski definition) is 3. The molecule has 0 spiro atoms. The van der Waals surface area contributed by atoms with Gasteiger partial charge in [-0.1, -0.05) is 24.3 Å². The first-order chi connectivity index (χ1) is 9.97. The summed E-state index contributed by atoms with van der Waals surface area (Å²) in [5.41, 5.74) is 1.80. The Hall–Kier alpha value is -2.49. The monoisotopic (exact) mass is 285 g/mol. The van der Waals surface area contributed by atoms with E-state index >= 15 is 0 Å². The Balaban J connectivity index is 2.38. The predicted octanol–water partition coefficient (Wildman–Crippen LogP) is 2.71. The van der Waals surface area contributed by atoms with Crippen molar-refractivity contribution in [2.45, 2.75) is 12.3 Å². The first-order valence-electron chi connectivity index (χ1n) is 6.75. The highest BCUT2D eigenvalue weighted by molar-refractivity contribution is 5.77. The molecule has 4 heteroatoms. The van der Waals surface area contributed by atoms with Crippen LogP contribution in [0.25, 0.3) is 0 Å². The number of carbonyl (C=O) groups excluding carboxylic acids is 1. The fourth-order valence-electron chi connectivity index (χ4n) is 2.23. The highest BCUT2D eigenvalue weighted by Crippen LogP contribution is 2.31. The molecule has 0 fully saturated rings. The third-order valence-electron chi connectivity index (χ3n) is 3.45. The van der Waals surface area contributed by atoms with Crippen molar-refractivity contribution in [3.8, 4) is 11.5 Å². The van der Waals surface area contributed by atoms with Gasteiger partial charge in [-0.05, 0) is 35.4 Å². The van der Waals surface area contributed by atoms with Crippen LogP contribution < -0.4 is 0 Å². The van der Waals surface area contributed by atoms with Gasteiger partial charge in [0.05, 0.1) is 0 Å². The number of hydrogen-bond donors (Lipinski definition) is 2. The van der Waals surface area contributed by atoms with Crippen LogP contribution in [-0.2, 0) is 4.79 Å². The number of phenolic OH excluding ortho intramolecular Hbond substituents is 2. The first-order valence-corrected chi connectivity index (χ1v) is 6.75. The molecule has 2 rings (SSSR count). The van der Waals surface area contributed by atoms with Gasteiger partial charge < -0.3 is 15.1 Å². The van der Waals surface area contributed by atoms with Gasteiger partial charge in [0, 0.05) is 26.4 Å². The third kappa shape index (κ3) is 3.75. The molecule has 0 saturated carbocycles. The summed E-state index contributed by atoms with van der Waals surface area (Å²) in [6.45, 7) is 0. The molecule has 0 radical (unpaired) electrons. The first kappa shape index (κ1) is 14.9. The molecular formula is C17H19NO3. The highest BCUT2D eigenvalue weighted by Gasteiger charge is 2.19. The lowest BCUT2D eigenvalue weighted by atomic mass is 9.88. The Bertz CT molecular complexity index is 620. The van der Waals surface area contributed by atoms with Gasteiger partial charge in [-0.15, -0.1) is 0 Å². The number of phenols is 2. The van der Waals surface area contributed by atoms with E-state index in [9.17, 15) is 15.0 Å². The Labute approximate surface area is 124 Å². The normalized spacial score (nSPS) is 11.9. The zero-order valence-electron chi connectivity index (χ0n) is 12.2. The summed E-state index contributed by atoms with van der Waals surface area (Å²) >= 11 is 0. The van der Waals surface area contributed by atoms with Crippen molar-refractivity contribution in [1.82, 2.24) is 4.90 Å². The smallest absolute Gasteiger partial charge is 0.223 e. The van der Waals surface area contributed by atoms with Gasteiger partial charge in [-0.2, -0.15) is 0 Å². The molecule has 1 unspecified atom stereocenters.